The van der Waals surface area contributed by atoms with Crippen LogP contribution in [0.2, 0.25) is 0 Å². The number of carbonyl (C=O) groups excluding carboxylic acids is 1. The summed E-state index contributed by atoms with van der Waals surface area (Å²) in [6.45, 7) is 4.74. The van der Waals surface area contributed by atoms with E-state index < -0.39 is 13.4 Å². The third kappa shape index (κ3) is 32.6. The van der Waals surface area contributed by atoms with Gasteiger partial charge < -0.3 is 14.3 Å². The predicted molar refractivity (Wildman–Crippen MR) is 216 cm³/mol. The lowest BCUT2D eigenvalue weighted by atomic mass is 9.87. The molecule has 0 bridgehead atoms. The second-order valence-electron chi connectivity index (χ2n) is 15.5. The Morgan fingerprint density at radius 1 is 0.560 bits per heavy atom. The van der Waals surface area contributed by atoms with E-state index >= 15 is 0 Å². The highest BCUT2D eigenvalue weighted by Crippen LogP contribution is 2.45. The fraction of sp³-hybridized carbons (Fsp3) is 0.791. The van der Waals surface area contributed by atoms with E-state index in [1.807, 2.05) is 21.1 Å². The molecule has 0 aliphatic carbocycles. The van der Waals surface area contributed by atoms with Crippen molar-refractivity contribution in [2.45, 2.75) is 193 Å². The number of unbranched alkanes of at least 4 members (excludes halogenated alkanes) is 19. The molecule has 292 valence electrons. The summed E-state index contributed by atoms with van der Waals surface area (Å²) in [5.74, 6) is -0.189. The van der Waals surface area contributed by atoms with E-state index in [1.54, 1.807) is 0 Å². The number of rotatable bonds is 36. The number of likely N-dealkylation sites (N-methyl/N-ethyl adjacent to an activating group) is 1. The Kier molecular flexibility index (Phi) is 31.5. The van der Waals surface area contributed by atoms with Crippen molar-refractivity contribution in [1.29, 1.82) is 0 Å². The minimum Gasteiger partial charge on any atom is -0.328 e. The van der Waals surface area contributed by atoms with Crippen molar-refractivity contribution in [3.05, 3.63) is 48.6 Å². The van der Waals surface area contributed by atoms with E-state index in [4.69, 9.17) is 4.52 Å². The third-order valence-corrected chi connectivity index (χ3v) is 9.79. The average molecular weight is 723 g/mol. The van der Waals surface area contributed by atoms with Gasteiger partial charge in [0.15, 0.2) is 11.4 Å². The fourth-order valence-corrected chi connectivity index (χ4v) is 7.26. The lowest BCUT2D eigenvalue weighted by Gasteiger charge is -2.38. The molecule has 0 aromatic carbocycles. The van der Waals surface area contributed by atoms with E-state index in [0.29, 0.717) is 17.3 Å². The van der Waals surface area contributed by atoms with Gasteiger partial charge in [0.2, 0.25) is 0 Å². The van der Waals surface area contributed by atoms with Crippen LogP contribution in [-0.4, -0.2) is 53.3 Å². The van der Waals surface area contributed by atoms with Crippen LogP contribution >= 0.6 is 7.82 Å². The summed E-state index contributed by atoms with van der Waals surface area (Å²) in [7, 11) is 0.969. The summed E-state index contributed by atoms with van der Waals surface area (Å²) in [6.07, 6.45) is 47.4. The van der Waals surface area contributed by atoms with Crippen LogP contribution in [0, 0.1) is 0 Å². The monoisotopic (exact) mass is 723 g/mol. The zero-order valence-electron chi connectivity index (χ0n) is 33.4. The zero-order valence-corrected chi connectivity index (χ0v) is 34.3. The van der Waals surface area contributed by atoms with Gasteiger partial charge in [0, 0.05) is 6.42 Å². The second kappa shape index (κ2) is 32.4. The molecule has 0 saturated heterocycles. The van der Waals surface area contributed by atoms with Gasteiger partial charge in [-0.2, -0.15) is 0 Å². The van der Waals surface area contributed by atoms with E-state index in [9.17, 15) is 19.1 Å². The third-order valence-electron chi connectivity index (χ3n) is 9.20. The normalized spacial score (nSPS) is 14.2. The van der Waals surface area contributed by atoms with Crippen molar-refractivity contribution in [3.8, 4) is 0 Å². The predicted octanol–water partition coefficient (Wildman–Crippen LogP) is 12.9. The average Bonchev–Trinajstić information content (AvgIpc) is 3.04. The first-order chi connectivity index (χ1) is 24.0. The number of Topliss-reactive ketones (excluding diaryl/α,β-unsaturated/α-hetero) is 1. The van der Waals surface area contributed by atoms with Gasteiger partial charge in [-0.3, -0.25) is 9.32 Å². The first-order valence-corrected chi connectivity index (χ1v) is 22.2. The summed E-state index contributed by atoms with van der Waals surface area (Å²) in [5, 5.41) is 0. The number of phosphoric ester groups is 1. The van der Waals surface area contributed by atoms with Crippen molar-refractivity contribution in [2.24, 2.45) is 0 Å². The molecule has 0 rings (SSSR count). The summed E-state index contributed by atoms with van der Waals surface area (Å²) in [4.78, 5) is 33.4. The molecule has 50 heavy (non-hydrogen) atoms. The quantitative estimate of drug-likeness (QED) is 0.0291. The van der Waals surface area contributed by atoms with Crippen molar-refractivity contribution < 1.29 is 28.2 Å². The molecular weight excluding hydrogens is 641 g/mol. The van der Waals surface area contributed by atoms with Crippen LogP contribution in [-0.2, 0) is 13.9 Å². The molecule has 1 unspecified atom stereocenters. The van der Waals surface area contributed by atoms with Crippen LogP contribution in [0.1, 0.15) is 187 Å². The van der Waals surface area contributed by atoms with E-state index in [0.717, 1.165) is 44.9 Å². The smallest absolute Gasteiger partial charge is 0.328 e. The molecule has 6 nitrogen and oxygen atoms in total. The molecule has 0 spiro atoms. The van der Waals surface area contributed by atoms with Gasteiger partial charge in [-0.25, -0.2) is 4.57 Å². The standard InChI is InChI=1S/C43H80NO5P/c1-6-8-10-12-14-16-18-20-22-24-25-27-29-31-33-35-37-39-42(45)43(41-44(3,4)5,49-50(46,47)48)40-38-36-34-32-30-28-26-23-21-19-17-15-13-11-9-7-2/h14,16,20,22,25,27,31,33H,6-13,15,17-19,21,23-24,26,28-30,32,34-41H2,1-5H3,(H-,46,47,48)/p+1/b16-14-,22-20-,27-25-,33-31-. The van der Waals surface area contributed by atoms with Gasteiger partial charge in [-0.1, -0.05) is 172 Å². The molecule has 0 fully saturated rings. The Morgan fingerprint density at radius 3 is 1.32 bits per heavy atom. The number of allylic oxidation sites excluding steroid dienone is 8. The maximum absolute atomic E-state index is 13.6. The van der Waals surface area contributed by atoms with E-state index in [2.05, 4.69) is 62.5 Å². The van der Waals surface area contributed by atoms with Gasteiger partial charge in [0.05, 0.1) is 21.1 Å². The molecule has 0 aromatic rings. The fourth-order valence-electron chi connectivity index (χ4n) is 6.55. The molecule has 2 N–H and O–H groups in total. The lowest BCUT2D eigenvalue weighted by Crippen LogP contribution is -2.55. The Balaban J connectivity index is 4.53. The molecule has 0 saturated carbocycles. The number of hydrogen-bond donors (Lipinski definition) is 2. The Morgan fingerprint density at radius 2 is 0.920 bits per heavy atom. The molecule has 1 atom stereocenters. The molecular formula is C43H81NO5P+. The largest absolute Gasteiger partial charge is 0.470 e. The van der Waals surface area contributed by atoms with Crippen molar-refractivity contribution in [3.63, 3.8) is 0 Å². The van der Waals surface area contributed by atoms with Gasteiger partial charge in [0.25, 0.3) is 0 Å². The summed E-state index contributed by atoms with van der Waals surface area (Å²) in [6, 6.07) is 0. The number of ketones is 1. The summed E-state index contributed by atoms with van der Waals surface area (Å²) >= 11 is 0. The van der Waals surface area contributed by atoms with Gasteiger partial charge >= 0.3 is 7.82 Å². The highest BCUT2D eigenvalue weighted by molar-refractivity contribution is 7.46. The molecule has 0 aromatic heterocycles. The van der Waals surface area contributed by atoms with Crippen LogP contribution in [0.15, 0.2) is 48.6 Å². The van der Waals surface area contributed by atoms with Crippen LogP contribution in [0.3, 0.4) is 0 Å². The zero-order chi connectivity index (χ0) is 37.2. The van der Waals surface area contributed by atoms with Crippen molar-refractivity contribution >= 4 is 13.6 Å². The number of nitrogens with zero attached hydrogens (tertiary/aromatic N) is 1. The second-order valence-corrected chi connectivity index (χ2v) is 16.6. The highest BCUT2D eigenvalue weighted by atomic mass is 31.2. The van der Waals surface area contributed by atoms with Crippen molar-refractivity contribution in [2.75, 3.05) is 27.7 Å². The maximum atomic E-state index is 13.6. The van der Waals surface area contributed by atoms with E-state index in [-0.39, 0.29) is 18.7 Å². The molecule has 0 radical (unpaired) electrons. The van der Waals surface area contributed by atoms with Crippen LogP contribution in [0.25, 0.3) is 0 Å². The Labute approximate surface area is 310 Å². The number of phosphoric acid groups is 1. The van der Waals surface area contributed by atoms with Crippen LogP contribution < -0.4 is 0 Å². The van der Waals surface area contributed by atoms with E-state index in [1.165, 1.54) is 109 Å². The first kappa shape index (κ1) is 48.7. The Bertz CT molecular complexity index is 961. The van der Waals surface area contributed by atoms with Crippen molar-refractivity contribution in [1.82, 2.24) is 0 Å². The molecule has 0 heterocycles. The highest BCUT2D eigenvalue weighted by Gasteiger charge is 2.47. The first-order valence-electron chi connectivity index (χ1n) is 20.7. The summed E-state index contributed by atoms with van der Waals surface area (Å²) in [5.41, 5.74) is -1.47. The van der Waals surface area contributed by atoms with Crippen LogP contribution in [0.5, 0.6) is 0 Å². The Hall–Kier alpha value is -1.30. The minimum atomic E-state index is -4.86. The van der Waals surface area contributed by atoms with Gasteiger partial charge in [-0.05, 0) is 57.8 Å². The maximum Gasteiger partial charge on any atom is 0.470 e. The molecule has 0 aliphatic heterocycles. The number of hydrogen-bond acceptors (Lipinski definition) is 3. The lowest BCUT2D eigenvalue weighted by molar-refractivity contribution is -0.875. The summed E-state index contributed by atoms with van der Waals surface area (Å²) < 4.78 is 18.0. The SMILES string of the molecule is CCCCC/C=C\C/C=C\C/C=C\C/C=C\CCCC(=O)C(CCCCCCCCCCCCCCCCCC)(C[N+](C)(C)C)OP(=O)(O)O. The minimum absolute atomic E-state index is 0.189. The number of quaternary nitrogens is 1. The molecule has 7 heteroatoms. The van der Waals surface area contributed by atoms with Gasteiger partial charge in [0.1, 0.15) is 6.54 Å². The molecule has 0 aliphatic rings. The molecule has 0 amide bonds. The number of carbonyl (C=O) groups is 1. The topological polar surface area (TPSA) is 83.8 Å². The van der Waals surface area contributed by atoms with Crippen LogP contribution in [0.4, 0.5) is 0 Å². The van der Waals surface area contributed by atoms with Gasteiger partial charge in [-0.15, -0.1) is 0 Å².